The highest BCUT2D eigenvalue weighted by atomic mass is 32.1. The van der Waals surface area contributed by atoms with E-state index in [1.54, 1.807) is 36.2 Å². The molecule has 0 saturated heterocycles. The molecule has 1 aromatic heterocycles. The molecular formula is C25H29N3O5S. The summed E-state index contributed by atoms with van der Waals surface area (Å²) in [5.41, 5.74) is 1.70. The maximum Gasteiger partial charge on any atom is 0.306 e. The van der Waals surface area contributed by atoms with Gasteiger partial charge in [-0.25, -0.2) is 4.98 Å². The van der Waals surface area contributed by atoms with Crippen LogP contribution in [-0.4, -0.2) is 52.3 Å². The predicted molar refractivity (Wildman–Crippen MR) is 128 cm³/mol. The van der Waals surface area contributed by atoms with Gasteiger partial charge in [0.2, 0.25) is 0 Å². The summed E-state index contributed by atoms with van der Waals surface area (Å²) in [5, 5.41) is 2.45. The van der Waals surface area contributed by atoms with Crippen molar-refractivity contribution in [3.05, 3.63) is 46.5 Å². The number of benzene rings is 1. The smallest absolute Gasteiger partial charge is 0.306 e. The number of nitrogens with zero attached hydrogens (tertiary/aromatic N) is 3. The van der Waals surface area contributed by atoms with Gasteiger partial charge in [0.05, 0.1) is 11.1 Å². The highest BCUT2D eigenvalue weighted by molar-refractivity contribution is 7.13. The minimum absolute atomic E-state index is 0.00470. The Hall–Kier alpha value is -3.07. The number of aryl methyl sites for hydroxylation is 1. The summed E-state index contributed by atoms with van der Waals surface area (Å²) < 4.78 is 5.44. The number of hydrogen-bond donors (Lipinski definition) is 0. The lowest BCUT2D eigenvalue weighted by Gasteiger charge is -2.33. The number of amides is 3. The molecule has 0 radical (unpaired) electrons. The maximum absolute atomic E-state index is 13.2. The lowest BCUT2D eigenvalue weighted by atomic mass is 9.94. The topological polar surface area (TPSA) is 96.9 Å². The molecule has 1 aliphatic heterocycles. The molecule has 1 atom stereocenters. The van der Waals surface area contributed by atoms with Crippen molar-refractivity contribution in [2.75, 3.05) is 11.4 Å². The number of carbonyl (C=O) groups excluding carboxylic acids is 4. The fourth-order valence-corrected chi connectivity index (χ4v) is 5.31. The molecule has 180 valence electrons. The van der Waals surface area contributed by atoms with E-state index in [1.807, 2.05) is 12.3 Å². The first-order valence-corrected chi connectivity index (χ1v) is 12.6. The fourth-order valence-electron chi connectivity index (χ4n) is 4.60. The molecule has 1 fully saturated rings. The Morgan fingerprint density at radius 3 is 2.62 bits per heavy atom. The van der Waals surface area contributed by atoms with E-state index in [-0.39, 0.29) is 43.1 Å². The number of anilines is 1. The summed E-state index contributed by atoms with van der Waals surface area (Å²) in [6, 6.07) is 5.22. The first-order chi connectivity index (χ1) is 16.4. The van der Waals surface area contributed by atoms with E-state index in [4.69, 9.17) is 4.74 Å². The van der Waals surface area contributed by atoms with Gasteiger partial charge in [-0.2, -0.15) is 0 Å². The van der Waals surface area contributed by atoms with Crippen molar-refractivity contribution < 1.29 is 23.9 Å². The van der Waals surface area contributed by atoms with E-state index in [0.29, 0.717) is 16.3 Å². The van der Waals surface area contributed by atoms with Crippen LogP contribution >= 0.6 is 11.3 Å². The molecule has 0 unspecified atom stereocenters. The van der Waals surface area contributed by atoms with E-state index in [1.165, 1.54) is 16.2 Å². The quantitative estimate of drug-likeness (QED) is 0.414. The zero-order valence-corrected chi connectivity index (χ0v) is 20.3. The predicted octanol–water partition coefficient (Wildman–Crippen LogP) is 4.13. The average molecular weight is 484 g/mol. The van der Waals surface area contributed by atoms with Crippen LogP contribution in [0.5, 0.6) is 0 Å². The lowest BCUT2D eigenvalue weighted by Crippen LogP contribution is -2.47. The van der Waals surface area contributed by atoms with Gasteiger partial charge in [0.1, 0.15) is 0 Å². The molecule has 9 heteroatoms. The van der Waals surface area contributed by atoms with Crippen LogP contribution in [0.3, 0.4) is 0 Å². The van der Waals surface area contributed by atoms with Gasteiger partial charge in [0.15, 0.2) is 11.2 Å². The second kappa shape index (κ2) is 10.5. The van der Waals surface area contributed by atoms with Crippen molar-refractivity contribution in [3.8, 4) is 0 Å². The van der Waals surface area contributed by atoms with Gasteiger partial charge in [0.25, 0.3) is 17.7 Å². The number of rotatable bonds is 8. The number of carbonyl (C=O) groups is 4. The molecule has 2 aromatic rings. The summed E-state index contributed by atoms with van der Waals surface area (Å²) in [7, 11) is 0. The first-order valence-electron chi connectivity index (χ1n) is 11.8. The molecule has 0 spiro atoms. The molecule has 34 heavy (non-hydrogen) atoms. The largest absolute Gasteiger partial charge is 0.453 e. The van der Waals surface area contributed by atoms with E-state index in [0.717, 1.165) is 37.7 Å². The van der Waals surface area contributed by atoms with Crippen LogP contribution in [0, 0.1) is 6.92 Å². The maximum atomic E-state index is 13.2. The third kappa shape index (κ3) is 5.04. The first kappa shape index (κ1) is 24.1. The summed E-state index contributed by atoms with van der Waals surface area (Å²) in [6.07, 6.45) is 6.09. The number of imide groups is 1. The summed E-state index contributed by atoms with van der Waals surface area (Å²) in [5.74, 6) is -1.49. The second-order valence-electron chi connectivity index (χ2n) is 8.86. The number of esters is 1. The number of hydrogen-bond acceptors (Lipinski definition) is 7. The van der Waals surface area contributed by atoms with E-state index in [9.17, 15) is 19.2 Å². The van der Waals surface area contributed by atoms with Gasteiger partial charge in [-0.05, 0) is 45.2 Å². The Morgan fingerprint density at radius 1 is 1.18 bits per heavy atom. The van der Waals surface area contributed by atoms with Gasteiger partial charge in [-0.15, -0.1) is 11.3 Å². The van der Waals surface area contributed by atoms with Crippen molar-refractivity contribution in [3.63, 3.8) is 0 Å². The van der Waals surface area contributed by atoms with Gasteiger partial charge in [-0.3, -0.25) is 29.0 Å². The van der Waals surface area contributed by atoms with Crippen LogP contribution in [0.2, 0.25) is 0 Å². The number of aromatic nitrogens is 1. The van der Waals surface area contributed by atoms with Crippen LogP contribution in [0.25, 0.3) is 0 Å². The zero-order chi connectivity index (χ0) is 24.2. The van der Waals surface area contributed by atoms with Gasteiger partial charge >= 0.3 is 5.97 Å². The summed E-state index contributed by atoms with van der Waals surface area (Å²) in [6.45, 7) is 3.56. The molecule has 8 nitrogen and oxygen atoms in total. The minimum atomic E-state index is -0.944. The van der Waals surface area contributed by atoms with Gasteiger partial charge < -0.3 is 4.74 Å². The summed E-state index contributed by atoms with van der Waals surface area (Å²) >= 11 is 1.40. The average Bonchev–Trinajstić information content (AvgIpc) is 3.43. The third-order valence-corrected chi connectivity index (χ3v) is 7.12. The molecule has 2 heterocycles. The van der Waals surface area contributed by atoms with Crippen LogP contribution in [0.1, 0.15) is 78.1 Å². The molecule has 0 N–H and O–H groups in total. The summed E-state index contributed by atoms with van der Waals surface area (Å²) in [4.78, 5) is 58.0. The zero-order valence-electron chi connectivity index (χ0n) is 19.5. The Balaban J connectivity index is 1.31. The van der Waals surface area contributed by atoms with E-state index in [2.05, 4.69) is 4.98 Å². The van der Waals surface area contributed by atoms with Crippen LogP contribution in [0.15, 0.2) is 29.8 Å². The third-order valence-electron chi connectivity index (χ3n) is 6.35. The van der Waals surface area contributed by atoms with E-state index >= 15 is 0 Å². The van der Waals surface area contributed by atoms with Gasteiger partial charge in [-0.1, -0.05) is 30.9 Å². The van der Waals surface area contributed by atoms with Gasteiger partial charge in [0, 0.05) is 30.6 Å². The van der Waals surface area contributed by atoms with Crippen molar-refractivity contribution >= 4 is 40.2 Å². The van der Waals surface area contributed by atoms with Crippen molar-refractivity contribution in [2.24, 2.45) is 0 Å². The normalized spacial score (nSPS) is 16.9. The Labute approximate surface area is 202 Å². The van der Waals surface area contributed by atoms with Crippen LogP contribution in [-0.2, 0) is 14.3 Å². The molecule has 1 aliphatic carbocycles. The molecule has 2 aliphatic rings. The van der Waals surface area contributed by atoms with Crippen LogP contribution < -0.4 is 4.90 Å². The number of ether oxygens (including phenoxy) is 1. The highest BCUT2D eigenvalue weighted by Crippen LogP contribution is 2.30. The van der Waals surface area contributed by atoms with Crippen molar-refractivity contribution in [1.82, 2.24) is 9.88 Å². The molecule has 1 saturated carbocycles. The van der Waals surface area contributed by atoms with Crippen LogP contribution in [0.4, 0.5) is 5.13 Å². The van der Waals surface area contributed by atoms with Crippen molar-refractivity contribution in [1.29, 1.82) is 0 Å². The highest BCUT2D eigenvalue weighted by Gasteiger charge is 2.36. The monoisotopic (exact) mass is 483 g/mol. The minimum Gasteiger partial charge on any atom is -0.453 e. The number of thiazole rings is 1. The van der Waals surface area contributed by atoms with Crippen molar-refractivity contribution in [2.45, 2.75) is 70.9 Å². The Bertz CT molecular complexity index is 1080. The Kier molecular flexibility index (Phi) is 7.41. The van der Waals surface area contributed by atoms with E-state index < -0.39 is 12.1 Å². The lowest BCUT2D eigenvalue weighted by molar-refractivity contribution is -0.154. The molecule has 0 bridgehead atoms. The molecule has 3 amide bonds. The molecule has 4 rings (SSSR count). The standard InChI is InChI=1S/C25H29N3O5S/c1-16-10-11-19-20(15-16)24(32)27(23(19)31)13-6-9-21(29)33-17(2)22(30)28(25-26-12-14-34-25)18-7-4-3-5-8-18/h10-12,14-15,17-18H,3-9,13H2,1-2H3/t17-/m1/s1. The second-order valence-corrected chi connectivity index (χ2v) is 9.73. The number of fused-ring (bicyclic) bond motifs is 1. The Morgan fingerprint density at radius 2 is 1.91 bits per heavy atom. The molecular weight excluding hydrogens is 454 g/mol. The fraction of sp³-hybridized carbons (Fsp3) is 0.480. The molecule has 1 aromatic carbocycles. The SMILES string of the molecule is Cc1ccc2c(c1)C(=O)N(CCCC(=O)O[C@H](C)C(=O)N(c1nccs1)C1CCCCC1)C2=O.